The van der Waals surface area contributed by atoms with Crippen LogP contribution in [-0.2, 0) is 11.0 Å². The standard InChI is InChI=1S/C13H17F3N4O2/c14-13(15,16)10-1-4-18-12(19-10)20-6-2-9(3-7-20)11(22)17-5-8-21/h1,4,9,21H,2-3,5-8H2,(H,17,22). The van der Waals surface area contributed by atoms with Crippen LogP contribution in [0, 0.1) is 5.92 Å². The molecule has 0 bridgehead atoms. The molecule has 0 radical (unpaired) electrons. The fourth-order valence-corrected chi connectivity index (χ4v) is 2.32. The largest absolute Gasteiger partial charge is 0.433 e. The molecule has 22 heavy (non-hydrogen) atoms. The molecular weight excluding hydrogens is 301 g/mol. The van der Waals surface area contributed by atoms with Crippen LogP contribution in [0.25, 0.3) is 0 Å². The van der Waals surface area contributed by atoms with Gasteiger partial charge in [0.25, 0.3) is 0 Å². The molecule has 1 fully saturated rings. The summed E-state index contributed by atoms with van der Waals surface area (Å²) in [6.45, 7) is 0.912. The Morgan fingerprint density at radius 3 is 2.68 bits per heavy atom. The number of anilines is 1. The summed E-state index contributed by atoms with van der Waals surface area (Å²) in [5.74, 6) is -0.309. The van der Waals surface area contributed by atoms with Crippen molar-refractivity contribution < 1.29 is 23.1 Å². The zero-order chi connectivity index (χ0) is 16.2. The summed E-state index contributed by atoms with van der Waals surface area (Å²) >= 11 is 0. The van der Waals surface area contributed by atoms with Gasteiger partial charge in [0, 0.05) is 31.7 Å². The monoisotopic (exact) mass is 318 g/mol. The van der Waals surface area contributed by atoms with Crippen LogP contribution in [0.4, 0.5) is 19.1 Å². The molecule has 0 unspecified atom stereocenters. The zero-order valence-corrected chi connectivity index (χ0v) is 11.8. The number of rotatable bonds is 4. The molecule has 1 saturated heterocycles. The molecule has 1 aliphatic rings. The van der Waals surface area contributed by atoms with Crippen molar-refractivity contribution in [1.82, 2.24) is 15.3 Å². The van der Waals surface area contributed by atoms with Crippen molar-refractivity contribution in [3.05, 3.63) is 18.0 Å². The van der Waals surface area contributed by atoms with Crippen LogP contribution in [0.1, 0.15) is 18.5 Å². The highest BCUT2D eigenvalue weighted by atomic mass is 19.4. The first kappa shape index (κ1) is 16.5. The minimum atomic E-state index is -4.50. The van der Waals surface area contributed by atoms with Crippen molar-refractivity contribution in [2.45, 2.75) is 19.0 Å². The van der Waals surface area contributed by atoms with Gasteiger partial charge in [0.1, 0.15) is 5.69 Å². The molecule has 0 aromatic carbocycles. The Hall–Kier alpha value is -1.90. The Balaban J connectivity index is 1.96. The van der Waals surface area contributed by atoms with E-state index in [1.165, 1.54) is 0 Å². The van der Waals surface area contributed by atoms with Gasteiger partial charge in [0.2, 0.25) is 11.9 Å². The minimum Gasteiger partial charge on any atom is -0.395 e. The fraction of sp³-hybridized carbons (Fsp3) is 0.615. The summed E-state index contributed by atoms with van der Waals surface area (Å²) in [6.07, 6.45) is -2.39. The number of hydrogen-bond acceptors (Lipinski definition) is 5. The summed E-state index contributed by atoms with van der Waals surface area (Å²) in [5.41, 5.74) is -0.972. The van der Waals surface area contributed by atoms with Gasteiger partial charge < -0.3 is 15.3 Å². The van der Waals surface area contributed by atoms with Gasteiger partial charge in [-0.2, -0.15) is 13.2 Å². The molecule has 1 aliphatic heterocycles. The van der Waals surface area contributed by atoms with Crippen LogP contribution < -0.4 is 10.2 Å². The highest BCUT2D eigenvalue weighted by molar-refractivity contribution is 5.78. The zero-order valence-electron chi connectivity index (χ0n) is 11.8. The lowest BCUT2D eigenvalue weighted by atomic mass is 9.96. The van der Waals surface area contributed by atoms with E-state index >= 15 is 0 Å². The number of nitrogens with one attached hydrogen (secondary N) is 1. The Kier molecular flexibility index (Phi) is 5.17. The third-order valence-corrected chi connectivity index (χ3v) is 3.49. The number of hydrogen-bond donors (Lipinski definition) is 2. The number of carbonyl (C=O) groups is 1. The Morgan fingerprint density at radius 2 is 2.09 bits per heavy atom. The second kappa shape index (κ2) is 6.91. The second-order valence-electron chi connectivity index (χ2n) is 5.02. The number of aromatic nitrogens is 2. The number of halogens is 3. The first-order valence-corrected chi connectivity index (χ1v) is 6.95. The molecule has 0 saturated carbocycles. The van der Waals surface area contributed by atoms with E-state index in [2.05, 4.69) is 15.3 Å². The maximum Gasteiger partial charge on any atom is 0.433 e. The van der Waals surface area contributed by atoms with E-state index < -0.39 is 11.9 Å². The lowest BCUT2D eigenvalue weighted by molar-refractivity contribution is -0.141. The van der Waals surface area contributed by atoms with Crippen molar-refractivity contribution in [2.75, 3.05) is 31.1 Å². The number of nitrogens with zero attached hydrogens (tertiary/aromatic N) is 3. The molecule has 1 aromatic rings. The molecule has 0 aliphatic carbocycles. The fourth-order valence-electron chi connectivity index (χ4n) is 2.32. The van der Waals surface area contributed by atoms with Crippen molar-refractivity contribution in [3.8, 4) is 0 Å². The van der Waals surface area contributed by atoms with Crippen LogP contribution in [-0.4, -0.2) is 47.2 Å². The summed E-state index contributed by atoms with van der Waals surface area (Å²) in [5, 5.41) is 11.3. The van der Waals surface area contributed by atoms with Gasteiger partial charge in [-0.05, 0) is 18.9 Å². The number of amides is 1. The van der Waals surface area contributed by atoms with Crippen LogP contribution in [0.3, 0.4) is 0 Å². The Labute approximate surface area is 125 Å². The minimum absolute atomic E-state index is 0.0315. The quantitative estimate of drug-likeness (QED) is 0.859. The third kappa shape index (κ3) is 4.06. The predicted octanol–water partition coefficient (Wildman–Crippen LogP) is 0.820. The van der Waals surface area contributed by atoms with E-state index in [0.717, 1.165) is 12.3 Å². The van der Waals surface area contributed by atoms with Crippen LogP contribution in [0.5, 0.6) is 0 Å². The van der Waals surface area contributed by atoms with Crippen LogP contribution >= 0.6 is 0 Å². The molecule has 122 valence electrons. The lowest BCUT2D eigenvalue weighted by Gasteiger charge is -2.31. The first-order chi connectivity index (χ1) is 10.4. The Bertz CT molecular complexity index is 516. The molecule has 0 atom stereocenters. The van der Waals surface area contributed by atoms with Crippen molar-refractivity contribution in [1.29, 1.82) is 0 Å². The molecule has 9 heteroatoms. The maximum absolute atomic E-state index is 12.6. The molecular formula is C13H17F3N4O2. The van der Waals surface area contributed by atoms with Gasteiger partial charge in [0.15, 0.2) is 0 Å². The molecule has 1 amide bonds. The number of piperidine rings is 1. The maximum atomic E-state index is 12.6. The number of carbonyl (C=O) groups excluding carboxylic acids is 1. The van der Waals surface area contributed by atoms with Crippen molar-refractivity contribution >= 4 is 11.9 Å². The SMILES string of the molecule is O=C(NCCO)C1CCN(c2nccc(C(F)(F)F)n2)CC1. The number of alkyl halides is 3. The van der Waals surface area contributed by atoms with Gasteiger partial charge in [-0.1, -0.05) is 0 Å². The van der Waals surface area contributed by atoms with Gasteiger partial charge in [-0.3, -0.25) is 4.79 Å². The molecule has 6 nitrogen and oxygen atoms in total. The molecule has 2 rings (SSSR count). The number of aliphatic hydroxyl groups excluding tert-OH is 1. The van der Waals surface area contributed by atoms with Crippen molar-refractivity contribution in [3.63, 3.8) is 0 Å². The summed E-state index contributed by atoms with van der Waals surface area (Å²) < 4.78 is 37.9. The van der Waals surface area contributed by atoms with Crippen LogP contribution in [0.15, 0.2) is 12.3 Å². The van der Waals surface area contributed by atoms with E-state index in [0.29, 0.717) is 25.9 Å². The molecule has 0 spiro atoms. The van der Waals surface area contributed by atoms with Gasteiger partial charge in [0.05, 0.1) is 6.61 Å². The summed E-state index contributed by atoms with van der Waals surface area (Å²) in [6, 6.07) is 0.832. The third-order valence-electron chi connectivity index (χ3n) is 3.49. The van der Waals surface area contributed by atoms with Crippen molar-refractivity contribution in [2.24, 2.45) is 5.92 Å². The highest BCUT2D eigenvalue weighted by Crippen LogP contribution is 2.29. The molecule has 2 heterocycles. The van der Waals surface area contributed by atoms with E-state index in [1.54, 1.807) is 4.90 Å². The normalized spacial score (nSPS) is 16.6. The Morgan fingerprint density at radius 1 is 1.41 bits per heavy atom. The average molecular weight is 318 g/mol. The highest BCUT2D eigenvalue weighted by Gasteiger charge is 2.34. The first-order valence-electron chi connectivity index (χ1n) is 6.95. The van der Waals surface area contributed by atoms with E-state index in [9.17, 15) is 18.0 Å². The summed E-state index contributed by atoms with van der Waals surface area (Å²) in [7, 11) is 0. The van der Waals surface area contributed by atoms with Gasteiger partial charge in [-0.25, -0.2) is 9.97 Å². The molecule has 2 N–H and O–H groups in total. The second-order valence-corrected chi connectivity index (χ2v) is 5.02. The lowest BCUT2D eigenvalue weighted by Crippen LogP contribution is -2.41. The molecule has 1 aromatic heterocycles. The van der Waals surface area contributed by atoms with E-state index in [1.807, 2.05) is 0 Å². The average Bonchev–Trinajstić information content (AvgIpc) is 2.52. The van der Waals surface area contributed by atoms with E-state index in [-0.39, 0.29) is 30.9 Å². The van der Waals surface area contributed by atoms with Gasteiger partial charge in [-0.15, -0.1) is 0 Å². The predicted molar refractivity (Wildman–Crippen MR) is 72.1 cm³/mol. The van der Waals surface area contributed by atoms with Crippen LogP contribution in [0.2, 0.25) is 0 Å². The smallest absolute Gasteiger partial charge is 0.395 e. The van der Waals surface area contributed by atoms with Gasteiger partial charge >= 0.3 is 6.18 Å². The van der Waals surface area contributed by atoms with E-state index in [4.69, 9.17) is 5.11 Å². The summed E-state index contributed by atoms with van der Waals surface area (Å²) in [4.78, 5) is 20.8. The number of aliphatic hydroxyl groups is 1. The topological polar surface area (TPSA) is 78.4 Å².